The number of hydrogen-bond acceptors (Lipinski definition) is 7. The van der Waals surface area contributed by atoms with E-state index in [-0.39, 0.29) is 17.9 Å². The van der Waals surface area contributed by atoms with E-state index in [1.54, 1.807) is 32.9 Å². The maximum atomic E-state index is 13.5. The Labute approximate surface area is 221 Å². The first kappa shape index (κ1) is 26.2. The number of carbonyl (C=O) groups excluding carboxylic acids is 1. The molecule has 3 aromatic rings. The van der Waals surface area contributed by atoms with Gasteiger partial charge in [0.1, 0.15) is 11.6 Å². The molecule has 2 fully saturated rings. The lowest BCUT2D eigenvalue weighted by molar-refractivity contribution is -0.144. The quantitative estimate of drug-likeness (QED) is 0.502. The van der Waals surface area contributed by atoms with Crippen LogP contribution in [0.1, 0.15) is 33.6 Å². The van der Waals surface area contributed by atoms with E-state index in [2.05, 4.69) is 0 Å². The van der Waals surface area contributed by atoms with Gasteiger partial charge >= 0.3 is 12.1 Å². The zero-order valence-electron chi connectivity index (χ0n) is 21.5. The lowest BCUT2D eigenvalue weighted by Crippen LogP contribution is -2.54. The van der Waals surface area contributed by atoms with E-state index in [0.717, 1.165) is 9.69 Å². The van der Waals surface area contributed by atoms with Crippen molar-refractivity contribution in [2.45, 2.75) is 56.3 Å². The summed E-state index contributed by atoms with van der Waals surface area (Å²) < 4.78 is 35.1. The molecule has 2 aromatic carbocycles. The van der Waals surface area contributed by atoms with E-state index in [1.807, 2.05) is 29.2 Å². The Bertz CT molecular complexity index is 1520. The van der Waals surface area contributed by atoms with E-state index in [9.17, 15) is 28.2 Å². The number of anilines is 1. The normalized spacial score (nSPS) is 20.5. The number of aliphatic hydroxyl groups is 1. The highest BCUT2D eigenvalue weighted by Crippen LogP contribution is 2.39. The second-order valence-corrected chi connectivity index (χ2v) is 12.6. The largest absolute Gasteiger partial charge is 0.480 e. The Hall–Kier alpha value is -3.41. The highest BCUT2D eigenvalue weighted by atomic mass is 32.2. The van der Waals surface area contributed by atoms with Gasteiger partial charge < -0.3 is 19.8 Å². The van der Waals surface area contributed by atoms with Crippen molar-refractivity contribution in [2.75, 3.05) is 24.5 Å². The lowest BCUT2D eigenvalue weighted by Gasteiger charge is -2.36. The molecule has 2 saturated heterocycles. The maximum Gasteiger partial charge on any atom is 0.419 e. The van der Waals surface area contributed by atoms with Crippen LogP contribution in [-0.2, 0) is 19.6 Å². The summed E-state index contributed by atoms with van der Waals surface area (Å²) in [5, 5.41) is 20.4. The molecule has 38 heavy (non-hydrogen) atoms. The van der Waals surface area contributed by atoms with Crippen LogP contribution in [0.5, 0.6) is 0 Å². The van der Waals surface area contributed by atoms with Crippen LogP contribution in [0.25, 0.3) is 22.2 Å². The third-order valence-electron chi connectivity index (χ3n) is 6.90. The molecular formula is C27H31N3O7S. The molecule has 1 aromatic heterocycles. The highest BCUT2D eigenvalue weighted by molar-refractivity contribution is 7.89. The fourth-order valence-corrected chi connectivity index (χ4v) is 6.66. The van der Waals surface area contributed by atoms with Crippen LogP contribution in [-0.4, -0.2) is 76.9 Å². The number of para-hydroxylation sites is 1. The molecule has 0 amide bonds. The molecule has 0 bridgehead atoms. The number of ether oxygens (including phenoxy) is 1. The van der Waals surface area contributed by atoms with Gasteiger partial charge in [0.05, 0.1) is 22.2 Å². The second kappa shape index (κ2) is 9.40. The number of benzene rings is 2. The minimum Gasteiger partial charge on any atom is -0.480 e. The van der Waals surface area contributed by atoms with Crippen molar-refractivity contribution < 1.29 is 33.0 Å². The molecule has 0 spiro atoms. The van der Waals surface area contributed by atoms with Gasteiger partial charge in [0, 0.05) is 36.3 Å². The van der Waals surface area contributed by atoms with Crippen molar-refractivity contribution in [1.82, 2.24) is 8.87 Å². The number of sulfonamides is 1. The van der Waals surface area contributed by atoms with Crippen molar-refractivity contribution >= 4 is 38.7 Å². The molecule has 10 nitrogen and oxygen atoms in total. The number of rotatable bonds is 5. The number of carboxylic acid groups (broad SMARTS) is 1. The average molecular weight is 542 g/mol. The van der Waals surface area contributed by atoms with Crippen molar-refractivity contribution in [3.05, 3.63) is 48.5 Å². The van der Waals surface area contributed by atoms with Crippen LogP contribution in [0, 0.1) is 0 Å². The standard InChI is InChI=1S/C27H31N3O7S/c1-27(2,3)37-26(34)30-21-7-5-4-6-17(21)14-24(30)20-15-19(8-9-22(20)28-12-10-18(31)16-28)38(35,36)29-13-11-23(29)25(32)33/h4-9,14-15,18,23,31H,10-13,16H2,1-3H3,(H,32,33)/t18-,23-/m0/s1. The van der Waals surface area contributed by atoms with Crippen LogP contribution in [0.2, 0.25) is 0 Å². The van der Waals surface area contributed by atoms with E-state index in [1.165, 1.54) is 16.7 Å². The van der Waals surface area contributed by atoms with Crippen molar-refractivity contribution in [3.63, 3.8) is 0 Å². The topological polar surface area (TPSA) is 129 Å². The first-order valence-corrected chi connectivity index (χ1v) is 14.0. The van der Waals surface area contributed by atoms with Crippen molar-refractivity contribution in [2.24, 2.45) is 0 Å². The molecule has 3 heterocycles. The molecule has 0 aliphatic carbocycles. The van der Waals surface area contributed by atoms with E-state index in [4.69, 9.17) is 4.74 Å². The SMILES string of the molecule is CC(C)(C)OC(=O)n1c(-c2cc(S(=O)(=O)N3CC[C@H]3C(=O)O)ccc2N2CC[C@H](O)C2)cc2ccccc21. The molecular weight excluding hydrogens is 510 g/mol. The number of aromatic nitrogens is 1. The Balaban J connectivity index is 1.71. The lowest BCUT2D eigenvalue weighted by atomic mass is 10.1. The zero-order chi connectivity index (χ0) is 27.4. The summed E-state index contributed by atoms with van der Waals surface area (Å²) in [5.74, 6) is -1.19. The summed E-state index contributed by atoms with van der Waals surface area (Å²) in [6, 6.07) is 12.6. The fourth-order valence-electron chi connectivity index (χ4n) is 5.01. The summed E-state index contributed by atoms with van der Waals surface area (Å²) in [4.78, 5) is 26.9. The molecule has 2 aliphatic heterocycles. The zero-order valence-corrected chi connectivity index (χ0v) is 22.3. The highest BCUT2D eigenvalue weighted by Gasteiger charge is 2.43. The second-order valence-electron chi connectivity index (χ2n) is 10.7. The summed E-state index contributed by atoms with van der Waals surface area (Å²) >= 11 is 0. The number of hydrogen-bond donors (Lipinski definition) is 2. The molecule has 2 N–H and O–H groups in total. The third kappa shape index (κ3) is 4.65. The van der Waals surface area contributed by atoms with Crippen LogP contribution in [0.3, 0.4) is 0 Å². The number of carbonyl (C=O) groups is 2. The fraction of sp³-hybridized carbons (Fsp3) is 0.407. The van der Waals surface area contributed by atoms with Gasteiger partial charge in [-0.1, -0.05) is 18.2 Å². The number of aliphatic carboxylic acids is 1. The first-order chi connectivity index (χ1) is 17.9. The summed E-state index contributed by atoms with van der Waals surface area (Å²) in [7, 11) is -4.11. The average Bonchev–Trinajstić information content (AvgIpc) is 3.39. The predicted molar refractivity (Wildman–Crippen MR) is 142 cm³/mol. The molecule has 0 unspecified atom stereocenters. The molecule has 202 valence electrons. The summed E-state index contributed by atoms with van der Waals surface area (Å²) in [6.07, 6.45) is -0.329. The maximum absolute atomic E-state index is 13.5. The predicted octanol–water partition coefficient (Wildman–Crippen LogP) is 3.51. The number of β-amino-alcohol motifs (C(OH)–C–C–N with tert-alkyl or cyclic N) is 1. The van der Waals surface area contributed by atoms with Crippen LogP contribution < -0.4 is 4.90 Å². The molecule has 2 atom stereocenters. The van der Waals surface area contributed by atoms with Gasteiger partial charge in [0.25, 0.3) is 0 Å². The summed E-state index contributed by atoms with van der Waals surface area (Å²) in [5.41, 5.74) is 1.40. The minimum absolute atomic E-state index is 0.0667. The van der Waals surface area contributed by atoms with E-state index >= 15 is 0 Å². The number of nitrogens with zero attached hydrogens (tertiary/aromatic N) is 3. The Kier molecular flexibility index (Phi) is 6.49. The Morgan fingerprint density at radius 3 is 2.37 bits per heavy atom. The number of carboxylic acids is 1. The summed E-state index contributed by atoms with van der Waals surface area (Å²) in [6.45, 7) is 6.34. The monoisotopic (exact) mass is 541 g/mol. The van der Waals surface area contributed by atoms with Crippen LogP contribution in [0.15, 0.2) is 53.4 Å². The van der Waals surface area contributed by atoms with Gasteiger partial charge in [-0.3, -0.25) is 4.79 Å². The number of aliphatic hydroxyl groups excluding tert-OH is 1. The first-order valence-electron chi connectivity index (χ1n) is 12.5. The van der Waals surface area contributed by atoms with Gasteiger partial charge in [-0.25, -0.2) is 17.8 Å². The van der Waals surface area contributed by atoms with Crippen LogP contribution in [0.4, 0.5) is 10.5 Å². The van der Waals surface area contributed by atoms with Gasteiger partial charge in [-0.2, -0.15) is 4.31 Å². The molecule has 2 aliphatic rings. The third-order valence-corrected chi connectivity index (χ3v) is 8.80. The molecule has 0 radical (unpaired) electrons. The van der Waals surface area contributed by atoms with Gasteiger partial charge in [0.15, 0.2) is 0 Å². The Morgan fingerprint density at radius 1 is 1.03 bits per heavy atom. The Morgan fingerprint density at radius 2 is 1.76 bits per heavy atom. The molecule has 0 saturated carbocycles. The van der Waals surface area contributed by atoms with Gasteiger partial charge in [-0.05, 0) is 63.9 Å². The molecule has 11 heteroatoms. The molecule has 5 rings (SSSR count). The van der Waals surface area contributed by atoms with Crippen molar-refractivity contribution in [1.29, 1.82) is 0 Å². The van der Waals surface area contributed by atoms with E-state index in [0.29, 0.717) is 42.0 Å². The smallest absolute Gasteiger partial charge is 0.419 e. The van der Waals surface area contributed by atoms with Crippen molar-refractivity contribution in [3.8, 4) is 11.3 Å². The van der Waals surface area contributed by atoms with Gasteiger partial charge in [0.2, 0.25) is 10.0 Å². The number of fused-ring (bicyclic) bond motifs is 1. The van der Waals surface area contributed by atoms with Gasteiger partial charge in [-0.15, -0.1) is 0 Å². The van der Waals surface area contributed by atoms with Crippen LogP contribution >= 0.6 is 0 Å². The minimum atomic E-state index is -4.11. The van der Waals surface area contributed by atoms with E-state index < -0.39 is 39.8 Å².